The van der Waals surface area contributed by atoms with Gasteiger partial charge in [0.05, 0.1) is 5.38 Å². The third-order valence-corrected chi connectivity index (χ3v) is 5.34. The molecule has 0 saturated carbocycles. The van der Waals surface area contributed by atoms with E-state index in [1.54, 1.807) is 11.3 Å². The first-order valence-corrected chi connectivity index (χ1v) is 7.44. The normalized spacial score (nSPS) is 12.8. The van der Waals surface area contributed by atoms with E-state index in [0.29, 0.717) is 0 Å². The Hall–Kier alpha value is -0.790. The lowest BCUT2D eigenvalue weighted by Crippen LogP contribution is -2.02. The topological polar surface area (TPSA) is 0 Å². The lowest BCUT2D eigenvalue weighted by Gasteiger charge is -2.19. The molecule has 0 radical (unpaired) electrons. The summed E-state index contributed by atoms with van der Waals surface area (Å²) < 4.78 is 0. The van der Waals surface area contributed by atoms with Crippen molar-refractivity contribution in [1.82, 2.24) is 0 Å². The predicted molar refractivity (Wildman–Crippen MR) is 82.1 cm³/mol. The zero-order chi connectivity index (χ0) is 13.4. The van der Waals surface area contributed by atoms with Gasteiger partial charge in [0, 0.05) is 9.75 Å². The molecule has 1 aromatic carbocycles. The summed E-state index contributed by atoms with van der Waals surface area (Å²) in [5, 5.41) is -0.0256. The van der Waals surface area contributed by atoms with Crippen LogP contribution in [-0.2, 0) is 0 Å². The predicted octanol–water partition coefficient (Wildman–Crippen LogP) is 5.62. The Balaban J connectivity index is 2.57. The summed E-state index contributed by atoms with van der Waals surface area (Å²) in [5.41, 5.74) is 6.59. The SMILES string of the molecule is Cc1ccc(C(Cl)c2c(C)c(C)cc(C)c2C)s1. The first-order valence-electron chi connectivity index (χ1n) is 6.19. The lowest BCUT2D eigenvalue weighted by molar-refractivity contribution is 1.07. The minimum atomic E-state index is -0.0256. The maximum atomic E-state index is 6.71. The Bertz CT molecular complexity index is 555. The van der Waals surface area contributed by atoms with Crippen LogP contribution in [0.3, 0.4) is 0 Å². The Morgan fingerprint density at radius 2 is 1.50 bits per heavy atom. The summed E-state index contributed by atoms with van der Waals surface area (Å²) >= 11 is 8.50. The second kappa shape index (κ2) is 5.07. The third-order valence-electron chi connectivity index (χ3n) is 3.69. The molecule has 18 heavy (non-hydrogen) atoms. The van der Waals surface area contributed by atoms with Crippen molar-refractivity contribution in [3.05, 3.63) is 55.8 Å². The van der Waals surface area contributed by atoms with Crippen LogP contribution in [0.15, 0.2) is 18.2 Å². The fourth-order valence-corrected chi connectivity index (χ4v) is 3.76. The number of hydrogen-bond donors (Lipinski definition) is 0. The first-order chi connectivity index (χ1) is 8.41. The van der Waals surface area contributed by atoms with Crippen molar-refractivity contribution >= 4 is 22.9 Å². The van der Waals surface area contributed by atoms with Crippen LogP contribution in [0.25, 0.3) is 0 Å². The number of rotatable bonds is 2. The average Bonchev–Trinajstić information content (AvgIpc) is 2.73. The monoisotopic (exact) mass is 278 g/mol. The number of aryl methyl sites for hydroxylation is 3. The van der Waals surface area contributed by atoms with Crippen LogP contribution < -0.4 is 0 Å². The number of alkyl halides is 1. The second-order valence-electron chi connectivity index (χ2n) is 4.99. The van der Waals surface area contributed by atoms with Crippen LogP contribution in [-0.4, -0.2) is 0 Å². The molecule has 2 rings (SSSR count). The van der Waals surface area contributed by atoms with E-state index in [1.807, 2.05) is 0 Å². The van der Waals surface area contributed by atoms with E-state index in [9.17, 15) is 0 Å². The van der Waals surface area contributed by atoms with E-state index >= 15 is 0 Å². The molecule has 2 aromatic rings. The largest absolute Gasteiger partial charge is 0.144 e. The van der Waals surface area contributed by atoms with Crippen LogP contribution in [0, 0.1) is 34.6 Å². The highest BCUT2D eigenvalue weighted by atomic mass is 35.5. The van der Waals surface area contributed by atoms with Crippen molar-refractivity contribution < 1.29 is 0 Å². The van der Waals surface area contributed by atoms with E-state index in [-0.39, 0.29) is 5.38 Å². The molecule has 0 saturated heterocycles. The maximum absolute atomic E-state index is 6.71. The van der Waals surface area contributed by atoms with Gasteiger partial charge in [-0.05, 0) is 74.6 Å². The number of hydrogen-bond acceptors (Lipinski definition) is 1. The fraction of sp³-hybridized carbons (Fsp3) is 0.375. The summed E-state index contributed by atoms with van der Waals surface area (Å²) in [5.74, 6) is 0. The maximum Gasteiger partial charge on any atom is 0.0933 e. The zero-order valence-electron chi connectivity index (χ0n) is 11.6. The molecule has 0 nitrogen and oxygen atoms in total. The van der Waals surface area contributed by atoms with E-state index in [4.69, 9.17) is 11.6 Å². The Kier molecular flexibility index (Phi) is 3.84. The summed E-state index contributed by atoms with van der Waals surface area (Å²) in [7, 11) is 0. The molecule has 1 unspecified atom stereocenters. The minimum absolute atomic E-state index is 0.0256. The molecular weight excluding hydrogens is 260 g/mol. The number of benzene rings is 1. The Labute approximate surface area is 119 Å². The van der Waals surface area contributed by atoms with E-state index < -0.39 is 0 Å². The molecular formula is C16H19ClS. The molecule has 0 N–H and O–H groups in total. The van der Waals surface area contributed by atoms with Crippen molar-refractivity contribution in [3.8, 4) is 0 Å². The van der Waals surface area contributed by atoms with Gasteiger partial charge in [0.25, 0.3) is 0 Å². The molecule has 1 atom stereocenters. The molecule has 0 fully saturated rings. The van der Waals surface area contributed by atoms with E-state index in [2.05, 4.69) is 52.8 Å². The molecule has 1 heterocycles. The molecule has 0 amide bonds. The molecule has 1 aromatic heterocycles. The van der Waals surface area contributed by atoms with E-state index in [0.717, 1.165) is 0 Å². The van der Waals surface area contributed by atoms with Crippen molar-refractivity contribution in [2.24, 2.45) is 0 Å². The van der Waals surface area contributed by atoms with Crippen LogP contribution in [0.1, 0.15) is 42.9 Å². The molecule has 0 spiro atoms. The van der Waals surface area contributed by atoms with Gasteiger partial charge in [-0.25, -0.2) is 0 Å². The highest BCUT2D eigenvalue weighted by Gasteiger charge is 2.19. The van der Waals surface area contributed by atoms with Gasteiger partial charge in [-0.15, -0.1) is 22.9 Å². The van der Waals surface area contributed by atoms with Gasteiger partial charge in [-0.1, -0.05) is 6.07 Å². The summed E-state index contributed by atoms with van der Waals surface area (Å²) in [4.78, 5) is 2.56. The third kappa shape index (κ3) is 2.34. The summed E-state index contributed by atoms with van der Waals surface area (Å²) in [6, 6.07) is 6.54. The van der Waals surface area contributed by atoms with Gasteiger partial charge in [-0.3, -0.25) is 0 Å². The number of halogens is 1. The molecule has 0 aliphatic carbocycles. The average molecular weight is 279 g/mol. The van der Waals surface area contributed by atoms with Crippen molar-refractivity contribution in [2.45, 2.75) is 40.0 Å². The van der Waals surface area contributed by atoms with Crippen molar-refractivity contribution in [2.75, 3.05) is 0 Å². The molecule has 0 bridgehead atoms. The molecule has 2 heteroatoms. The van der Waals surface area contributed by atoms with Gasteiger partial charge in [-0.2, -0.15) is 0 Å². The molecule has 96 valence electrons. The van der Waals surface area contributed by atoms with Crippen molar-refractivity contribution in [3.63, 3.8) is 0 Å². The highest BCUT2D eigenvalue weighted by Crippen LogP contribution is 2.38. The summed E-state index contributed by atoms with van der Waals surface area (Å²) in [6.07, 6.45) is 0. The first kappa shape index (κ1) is 13.6. The summed E-state index contributed by atoms with van der Waals surface area (Å²) in [6.45, 7) is 10.8. The van der Waals surface area contributed by atoms with Gasteiger partial charge < -0.3 is 0 Å². The molecule has 0 aliphatic heterocycles. The Morgan fingerprint density at radius 3 is 1.94 bits per heavy atom. The zero-order valence-corrected chi connectivity index (χ0v) is 13.2. The van der Waals surface area contributed by atoms with Crippen LogP contribution in [0.4, 0.5) is 0 Å². The Morgan fingerprint density at radius 1 is 0.944 bits per heavy atom. The quantitative estimate of drug-likeness (QED) is 0.626. The van der Waals surface area contributed by atoms with Crippen LogP contribution in [0.5, 0.6) is 0 Å². The highest BCUT2D eigenvalue weighted by molar-refractivity contribution is 7.12. The van der Waals surface area contributed by atoms with Crippen molar-refractivity contribution in [1.29, 1.82) is 0 Å². The lowest BCUT2D eigenvalue weighted by atomic mass is 9.92. The fourth-order valence-electron chi connectivity index (χ4n) is 2.36. The van der Waals surface area contributed by atoms with Crippen LogP contribution in [0.2, 0.25) is 0 Å². The van der Waals surface area contributed by atoms with Gasteiger partial charge in [0.1, 0.15) is 0 Å². The van der Waals surface area contributed by atoms with Gasteiger partial charge in [0.2, 0.25) is 0 Å². The second-order valence-corrected chi connectivity index (χ2v) is 6.74. The molecule has 0 aliphatic rings. The number of thiophene rings is 1. The van der Waals surface area contributed by atoms with Gasteiger partial charge in [0.15, 0.2) is 0 Å². The standard InChI is InChI=1S/C16H19ClS/c1-9-8-10(2)13(5)15(12(9)4)16(17)14-7-6-11(3)18-14/h6-8,16H,1-5H3. The minimum Gasteiger partial charge on any atom is -0.144 e. The smallest absolute Gasteiger partial charge is 0.0933 e. The van der Waals surface area contributed by atoms with Gasteiger partial charge >= 0.3 is 0 Å². The van der Waals surface area contributed by atoms with E-state index in [1.165, 1.54) is 37.6 Å². The van der Waals surface area contributed by atoms with Crippen LogP contribution >= 0.6 is 22.9 Å².